The number of amides is 1. The molecule has 1 amide bonds. The zero-order valence-electron chi connectivity index (χ0n) is 9.06. The summed E-state index contributed by atoms with van der Waals surface area (Å²) in [6.45, 7) is 0.326. The SMILES string of the molecule is C#CCNCC(=O)Nc1ccccc1C(=O)O. The Kier molecular flexibility index (Phi) is 4.73. The van der Waals surface area contributed by atoms with Crippen LogP contribution in [0, 0.1) is 12.3 Å². The largest absolute Gasteiger partial charge is 0.478 e. The van der Waals surface area contributed by atoms with Gasteiger partial charge in [-0.15, -0.1) is 6.42 Å². The van der Waals surface area contributed by atoms with Gasteiger partial charge in [0.05, 0.1) is 24.3 Å². The van der Waals surface area contributed by atoms with Crippen LogP contribution in [0.5, 0.6) is 0 Å². The van der Waals surface area contributed by atoms with E-state index in [0.29, 0.717) is 0 Å². The van der Waals surface area contributed by atoms with Crippen molar-refractivity contribution < 1.29 is 14.7 Å². The molecular weight excluding hydrogens is 220 g/mol. The summed E-state index contributed by atoms with van der Waals surface area (Å²) < 4.78 is 0. The number of hydrogen-bond donors (Lipinski definition) is 3. The van der Waals surface area contributed by atoms with Crippen molar-refractivity contribution in [2.75, 3.05) is 18.4 Å². The molecule has 1 aromatic carbocycles. The van der Waals surface area contributed by atoms with Crippen LogP contribution in [-0.2, 0) is 4.79 Å². The number of carboxylic acid groups (broad SMARTS) is 1. The molecule has 0 heterocycles. The van der Waals surface area contributed by atoms with Gasteiger partial charge in [-0.2, -0.15) is 0 Å². The van der Waals surface area contributed by atoms with Crippen LogP contribution in [0.15, 0.2) is 24.3 Å². The van der Waals surface area contributed by atoms with Crippen molar-refractivity contribution in [2.45, 2.75) is 0 Å². The normalized spacial score (nSPS) is 9.35. The number of terminal acetylenes is 1. The maximum absolute atomic E-state index is 11.4. The number of carboxylic acids is 1. The highest BCUT2D eigenvalue weighted by atomic mass is 16.4. The minimum Gasteiger partial charge on any atom is -0.478 e. The smallest absolute Gasteiger partial charge is 0.337 e. The molecule has 1 aromatic rings. The summed E-state index contributed by atoms with van der Waals surface area (Å²) in [5.74, 6) is 0.907. The quantitative estimate of drug-likeness (QED) is 0.511. The van der Waals surface area contributed by atoms with Gasteiger partial charge < -0.3 is 10.4 Å². The lowest BCUT2D eigenvalue weighted by molar-refractivity contribution is -0.115. The molecule has 0 radical (unpaired) electrons. The number of carbonyl (C=O) groups is 2. The molecule has 0 aromatic heterocycles. The van der Waals surface area contributed by atoms with Crippen molar-refractivity contribution in [3.05, 3.63) is 29.8 Å². The topological polar surface area (TPSA) is 78.4 Å². The molecule has 0 saturated heterocycles. The lowest BCUT2D eigenvalue weighted by Crippen LogP contribution is -2.28. The van der Waals surface area contributed by atoms with Crippen molar-refractivity contribution in [1.82, 2.24) is 5.32 Å². The number of rotatable bonds is 5. The first-order valence-corrected chi connectivity index (χ1v) is 4.91. The van der Waals surface area contributed by atoms with Gasteiger partial charge in [-0.1, -0.05) is 18.1 Å². The lowest BCUT2D eigenvalue weighted by Gasteiger charge is -2.07. The summed E-state index contributed by atoms with van der Waals surface area (Å²) in [4.78, 5) is 22.3. The minimum atomic E-state index is -1.09. The van der Waals surface area contributed by atoms with E-state index in [4.69, 9.17) is 11.5 Å². The Labute approximate surface area is 98.8 Å². The van der Waals surface area contributed by atoms with Gasteiger partial charge in [-0.25, -0.2) is 4.79 Å². The van der Waals surface area contributed by atoms with Crippen LogP contribution in [0.1, 0.15) is 10.4 Å². The third-order valence-corrected chi connectivity index (χ3v) is 1.94. The fourth-order valence-electron chi connectivity index (χ4n) is 1.22. The Morgan fingerprint density at radius 3 is 2.71 bits per heavy atom. The average molecular weight is 232 g/mol. The van der Waals surface area contributed by atoms with Crippen LogP contribution in [0.3, 0.4) is 0 Å². The Balaban J connectivity index is 2.65. The average Bonchev–Trinajstić information content (AvgIpc) is 2.29. The van der Waals surface area contributed by atoms with E-state index >= 15 is 0 Å². The molecule has 5 nitrogen and oxygen atoms in total. The van der Waals surface area contributed by atoms with Crippen molar-refractivity contribution >= 4 is 17.6 Å². The first kappa shape index (κ1) is 12.7. The molecule has 0 unspecified atom stereocenters. The van der Waals surface area contributed by atoms with Crippen molar-refractivity contribution in [1.29, 1.82) is 0 Å². The second-order valence-electron chi connectivity index (χ2n) is 3.21. The molecule has 0 bridgehead atoms. The number of carbonyl (C=O) groups excluding carboxylic acids is 1. The van der Waals surface area contributed by atoms with Gasteiger partial charge in [-0.05, 0) is 12.1 Å². The number of aromatic carboxylic acids is 1. The van der Waals surface area contributed by atoms with Gasteiger partial charge in [0.25, 0.3) is 0 Å². The van der Waals surface area contributed by atoms with E-state index in [1.807, 2.05) is 0 Å². The van der Waals surface area contributed by atoms with E-state index < -0.39 is 5.97 Å². The maximum atomic E-state index is 11.4. The second kappa shape index (κ2) is 6.30. The third kappa shape index (κ3) is 3.97. The van der Waals surface area contributed by atoms with Crippen molar-refractivity contribution in [2.24, 2.45) is 0 Å². The Hall–Kier alpha value is -2.32. The minimum absolute atomic E-state index is 0.0398. The van der Waals surface area contributed by atoms with Crippen LogP contribution >= 0.6 is 0 Å². The molecule has 88 valence electrons. The number of hydrogen-bond acceptors (Lipinski definition) is 3. The predicted octanol–water partition coefficient (Wildman–Crippen LogP) is 0.546. The molecule has 0 atom stereocenters. The maximum Gasteiger partial charge on any atom is 0.337 e. The molecular formula is C12H12N2O3. The van der Waals surface area contributed by atoms with E-state index in [0.717, 1.165) is 0 Å². The highest BCUT2D eigenvalue weighted by molar-refractivity contribution is 6.01. The van der Waals surface area contributed by atoms with E-state index in [2.05, 4.69) is 16.6 Å². The third-order valence-electron chi connectivity index (χ3n) is 1.94. The van der Waals surface area contributed by atoms with E-state index in [-0.39, 0.29) is 30.2 Å². The summed E-state index contributed by atoms with van der Waals surface area (Å²) in [5.41, 5.74) is 0.324. The number of benzene rings is 1. The monoisotopic (exact) mass is 232 g/mol. The fourth-order valence-corrected chi connectivity index (χ4v) is 1.22. The van der Waals surface area contributed by atoms with Gasteiger partial charge >= 0.3 is 5.97 Å². The molecule has 5 heteroatoms. The molecule has 0 fully saturated rings. The predicted molar refractivity (Wildman–Crippen MR) is 63.7 cm³/mol. The van der Waals surface area contributed by atoms with Crippen molar-refractivity contribution in [3.63, 3.8) is 0 Å². The van der Waals surface area contributed by atoms with Crippen LogP contribution in [0.4, 0.5) is 5.69 Å². The molecule has 0 aliphatic carbocycles. The number of nitrogens with one attached hydrogen (secondary N) is 2. The summed E-state index contributed by atoms with van der Waals surface area (Å²) >= 11 is 0. The highest BCUT2D eigenvalue weighted by Gasteiger charge is 2.10. The van der Waals surface area contributed by atoms with Crippen LogP contribution in [0.25, 0.3) is 0 Å². The molecule has 1 rings (SSSR count). The van der Waals surface area contributed by atoms with Gasteiger partial charge in [0, 0.05) is 0 Å². The van der Waals surface area contributed by atoms with Gasteiger partial charge in [0.2, 0.25) is 5.91 Å². The summed E-state index contributed by atoms with van der Waals surface area (Å²) in [6.07, 6.45) is 5.01. The van der Waals surface area contributed by atoms with Gasteiger partial charge in [-0.3, -0.25) is 10.1 Å². The van der Waals surface area contributed by atoms with Crippen LogP contribution in [-0.4, -0.2) is 30.1 Å². The molecule has 0 saturated carbocycles. The Morgan fingerprint density at radius 1 is 1.35 bits per heavy atom. The first-order chi connectivity index (χ1) is 8.15. The summed E-state index contributed by atoms with van der Waals surface area (Å²) in [5, 5.41) is 14.1. The molecule has 0 spiro atoms. The fraction of sp³-hybridized carbons (Fsp3) is 0.167. The molecule has 17 heavy (non-hydrogen) atoms. The lowest BCUT2D eigenvalue weighted by atomic mass is 10.2. The molecule has 0 aliphatic heterocycles. The summed E-state index contributed by atoms with van der Waals surface area (Å²) in [6, 6.07) is 6.20. The highest BCUT2D eigenvalue weighted by Crippen LogP contribution is 2.14. The van der Waals surface area contributed by atoms with Crippen molar-refractivity contribution in [3.8, 4) is 12.3 Å². The zero-order chi connectivity index (χ0) is 12.7. The number of anilines is 1. The first-order valence-electron chi connectivity index (χ1n) is 4.91. The zero-order valence-corrected chi connectivity index (χ0v) is 9.06. The van der Waals surface area contributed by atoms with E-state index in [1.165, 1.54) is 12.1 Å². The molecule has 0 aliphatic rings. The Morgan fingerprint density at radius 2 is 2.06 bits per heavy atom. The summed E-state index contributed by atoms with van der Waals surface area (Å²) in [7, 11) is 0. The van der Waals surface area contributed by atoms with Crippen LogP contribution < -0.4 is 10.6 Å². The van der Waals surface area contributed by atoms with E-state index in [1.54, 1.807) is 12.1 Å². The number of para-hydroxylation sites is 1. The van der Waals surface area contributed by atoms with Crippen LogP contribution in [0.2, 0.25) is 0 Å². The second-order valence-corrected chi connectivity index (χ2v) is 3.21. The Bertz CT molecular complexity index is 463. The van der Waals surface area contributed by atoms with Gasteiger partial charge in [0.1, 0.15) is 0 Å². The molecule has 3 N–H and O–H groups in total. The van der Waals surface area contributed by atoms with E-state index in [9.17, 15) is 9.59 Å². The van der Waals surface area contributed by atoms with Gasteiger partial charge in [0.15, 0.2) is 0 Å². The standard InChI is InChI=1S/C12H12N2O3/c1-2-7-13-8-11(15)14-10-6-4-3-5-9(10)12(16)17/h1,3-6,13H,7-8H2,(H,14,15)(H,16,17).